The molecule has 1 aliphatic carbocycles. The minimum Gasteiger partial charge on any atom is -0.481 e. The molecule has 0 aromatic rings. The summed E-state index contributed by atoms with van der Waals surface area (Å²) in [6.07, 6.45) is 2.48. The van der Waals surface area contributed by atoms with Gasteiger partial charge in [-0.3, -0.25) is 9.59 Å². The molecule has 0 aromatic heterocycles. The Kier molecular flexibility index (Phi) is 5.55. The van der Waals surface area contributed by atoms with Crippen LogP contribution < -0.4 is 11.1 Å². The van der Waals surface area contributed by atoms with Crippen LogP contribution >= 0.6 is 0 Å². The van der Waals surface area contributed by atoms with Gasteiger partial charge in [0, 0.05) is 6.54 Å². The molecule has 5 N–H and O–H groups in total. The van der Waals surface area contributed by atoms with Crippen molar-refractivity contribution in [1.29, 1.82) is 0 Å². The minimum absolute atomic E-state index is 0.0404. The molecular weight excluding hydrogens is 236 g/mol. The fourth-order valence-corrected chi connectivity index (χ4v) is 2.35. The molecule has 0 radical (unpaired) electrons. The largest absolute Gasteiger partial charge is 0.481 e. The van der Waals surface area contributed by atoms with Gasteiger partial charge in [0.05, 0.1) is 12.0 Å². The SMILES string of the molecule is CC(O)C(N)C(=O)NCC1CCCCC1C(=O)O. The summed E-state index contributed by atoms with van der Waals surface area (Å²) < 4.78 is 0. The third-order valence-electron chi connectivity index (χ3n) is 3.59. The fourth-order valence-electron chi connectivity index (χ4n) is 2.35. The number of carbonyl (C=O) groups excluding carboxylic acids is 1. The van der Waals surface area contributed by atoms with E-state index in [-0.39, 0.29) is 11.8 Å². The molecule has 18 heavy (non-hydrogen) atoms. The smallest absolute Gasteiger partial charge is 0.306 e. The third-order valence-corrected chi connectivity index (χ3v) is 3.59. The number of carbonyl (C=O) groups is 2. The van der Waals surface area contributed by atoms with Crippen molar-refractivity contribution in [3.8, 4) is 0 Å². The molecule has 0 spiro atoms. The van der Waals surface area contributed by atoms with Crippen molar-refractivity contribution in [3.05, 3.63) is 0 Å². The Bertz CT molecular complexity index is 306. The number of carboxylic acids is 1. The number of aliphatic hydroxyl groups is 1. The van der Waals surface area contributed by atoms with Crippen LogP contribution in [0.15, 0.2) is 0 Å². The van der Waals surface area contributed by atoms with Crippen molar-refractivity contribution in [2.24, 2.45) is 17.6 Å². The third kappa shape index (κ3) is 3.96. The Morgan fingerprint density at radius 2 is 2.00 bits per heavy atom. The molecule has 0 aliphatic heterocycles. The lowest BCUT2D eigenvalue weighted by Gasteiger charge is -2.29. The zero-order valence-electron chi connectivity index (χ0n) is 10.6. The van der Waals surface area contributed by atoms with Gasteiger partial charge < -0.3 is 21.3 Å². The van der Waals surface area contributed by atoms with Gasteiger partial charge >= 0.3 is 5.97 Å². The van der Waals surface area contributed by atoms with Crippen LogP contribution in [-0.2, 0) is 9.59 Å². The number of carboxylic acid groups (broad SMARTS) is 1. The van der Waals surface area contributed by atoms with E-state index in [0.29, 0.717) is 13.0 Å². The summed E-state index contributed by atoms with van der Waals surface area (Å²) in [7, 11) is 0. The number of amides is 1. The normalized spacial score (nSPS) is 27.3. The van der Waals surface area contributed by atoms with Gasteiger partial charge in [0.15, 0.2) is 0 Å². The van der Waals surface area contributed by atoms with Crippen LogP contribution in [0.4, 0.5) is 0 Å². The van der Waals surface area contributed by atoms with E-state index in [4.69, 9.17) is 10.8 Å². The second-order valence-electron chi connectivity index (χ2n) is 5.00. The molecule has 0 bridgehead atoms. The van der Waals surface area contributed by atoms with Crippen molar-refractivity contribution in [2.45, 2.75) is 44.8 Å². The molecule has 1 saturated carbocycles. The molecule has 0 aromatic carbocycles. The molecule has 6 heteroatoms. The first-order valence-corrected chi connectivity index (χ1v) is 6.37. The van der Waals surface area contributed by atoms with Crippen LogP contribution in [0, 0.1) is 11.8 Å². The van der Waals surface area contributed by atoms with E-state index in [9.17, 15) is 14.7 Å². The van der Waals surface area contributed by atoms with Gasteiger partial charge in [-0.25, -0.2) is 0 Å². The number of rotatable bonds is 5. The molecule has 1 amide bonds. The lowest BCUT2D eigenvalue weighted by atomic mass is 9.79. The summed E-state index contributed by atoms with van der Waals surface area (Å²) in [4.78, 5) is 22.6. The van der Waals surface area contributed by atoms with Crippen molar-refractivity contribution in [1.82, 2.24) is 5.32 Å². The summed E-state index contributed by atoms with van der Waals surface area (Å²) in [5, 5.41) is 20.9. The van der Waals surface area contributed by atoms with E-state index < -0.39 is 24.0 Å². The number of nitrogens with two attached hydrogens (primary N) is 1. The van der Waals surface area contributed by atoms with Crippen LogP contribution in [0.3, 0.4) is 0 Å². The molecule has 4 unspecified atom stereocenters. The average Bonchev–Trinajstić information content (AvgIpc) is 2.35. The molecule has 4 atom stereocenters. The second kappa shape index (κ2) is 6.70. The molecule has 1 rings (SSSR count). The van der Waals surface area contributed by atoms with Crippen molar-refractivity contribution in [3.63, 3.8) is 0 Å². The lowest BCUT2D eigenvalue weighted by molar-refractivity contribution is -0.145. The molecule has 0 heterocycles. The van der Waals surface area contributed by atoms with Gasteiger partial charge in [0.2, 0.25) is 5.91 Å². The quantitative estimate of drug-likeness (QED) is 0.541. The van der Waals surface area contributed by atoms with E-state index in [1.54, 1.807) is 0 Å². The topological polar surface area (TPSA) is 113 Å². The zero-order valence-corrected chi connectivity index (χ0v) is 10.6. The lowest BCUT2D eigenvalue weighted by Crippen LogP contribution is -2.49. The van der Waals surface area contributed by atoms with Crippen molar-refractivity contribution in [2.75, 3.05) is 6.54 Å². The van der Waals surface area contributed by atoms with Crippen LogP contribution in [0.1, 0.15) is 32.6 Å². The predicted molar refractivity (Wildman–Crippen MR) is 65.7 cm³/mol. The number of hydrogen-bond donors (Lipinski definition) is 4. The molecule has 104 valence electrons. The molecular formula is C12H22N2O4. The first-order valence-electron chi connectivity index (χ1n) is 6.37. The Morgan fingerprint density at radius 3 is 2.56 bits per heavy atom. The van der Waals surface area contributed by atoms with Crippen LogP contribution in [-0.4, -0.2) is 40.8 Å². The first kappa shape index (κ1) is 14.9. The maximum absolute atomic E-state index is 11.6. The summed E-state index contributed by atoms with van der Waals surface area (Å²) in [6, 6.07) is -0.961. The summed E-state index contributed by atoms with van der Waals surface area (Å²) in [6.45, 7) is 1.77. The van der Waals surface area contributed by atoms with Crippen molar-refractivity contribution >= 4 is 11.9 Å². The Balaban J connectivity index is 2.45. The van der Waals surface area contributed by atoms with Crippen molar-refractivity contribution < 1.29 is 19.8 Å². The Hall–Kier alpha value is -1.14. The highest BCUT2D eigenvalue weighted by Gasteiger charge is 2.31. The molecule has 6 nitrogen and oxygen atoms in total. The summed E-state index contributed by atoms with van der Waals surface area (Å²) in [5.74, 6) is -1.66. The maximum atomic E-state index is 11.6. The molecule has 0 saturated heterocycles. The van der Waals surface area contributed by atoms with Crippen LogP contribution in [0.5, 0.6) is 0 Å². The van der Waals surface area contributed by atoms with Gasteiger partial charge in [-0.1, -0.05) is 12.8 Å². The van der Waals surface area contributed by atoms with E-state index in [1.165, 1.54) is 6.92 Å². The van der Waals surface area contributed by atoms with Gasteiger partial charge in [0.25, 0.3) is 0 Å². The highest BCUT2D eigenvalue weighted by molar-refractivity contribution is 5.82. The van der Waals surface area contributed by atoms with Gasteiger partial charge in [-0.15, -0.1) is 0 Å². The fraction of sp³-hybridized carbons (Fsp3) is 0.833. The predicted octanol–water partition coefficient (Wildman–Crippen LogP) is -0.298. The number of aliphatic hydroxyl groups excluding tert-OH is 1. The number of hydrogen-bond acceptors (Lipinski definition) is 4. The second-order valence-corrected chi connectivity index (χ2v) is 5.00. The van der Waals surface area contributed by atoms with E-state index in [2.05, 4.69) is 5.32 Å². The van der Waals surface area contributed by atoms with Gasteiger partial charge in [-0.05, 0) is 25.7 Å². The van der Waals surface area contributed by atoms with Crippen LogP contribution in [0.25, 0.3) is 0 Å². The summed E-state index contributed by atoms with van der Waals surface area (Å²) >= 11 is 0. The van der Waals surface area contributed by atoms with E-state index >= 15 is 0 Å². The maximum Gasteiger partial charge on any atom is 0.306 e. The first-order chi connectivity index (χ1) is 8.43. The Labute approximate surface area is 107 Å². The van der Waals surface area contributed by atoms with Crippen LogP contribution in [0.2, 0.25) is 0 Å². The Morgan fingerprint density at radius 1 is 1.39 bits per heavy atom. The van der Waals surface area contributed by atoms with Gasteiger partial charge in [-0.2, -0.15) is 0 Å². The number of aliphatic carboxylic acids is 1. The van der Waals surface area contributed by atoms with E-state index in [0.717, 1.165) is 19.3 Å². The highest BCUT2D eigenvalue weighted by Crippen LogP contribution is 2.29. The minimum atomic E-state index is -0.961. The number of nitrogens with one attached hydrogen (secondary N) is 1. The standard InChI is InChI=1S/C12H22N2O4/c1-7(15)10(13)11(16)14-6-8-4-2-3-5-9(8)12(17)18/h7-10,15H,2-6,13H2,1H3,(H,14,16)(H,17,18). The monoisotopic (exact) mass is 258 g/mol. The molecule has 1 aliphatic rings. The zero-order chi connectivity index (χ0) is 13.7. The summed E-state index contributed by atoms with van der Waals surface area (Å²) in [5.41, 5.74) is 5.49. The highest BCUT2D eigenvalue weighted by atomic mass is 16.4. The van der Waals surface area contributed by atoms with Gasteiger partial charge in [0.1, 0.15) is 6.04 Å². The average molecular weight is 258 g/mol. The van der Waals surface area contributed by atoms with E-state index in [1.807, 2.05) is 0 Å². The molecule has 1 fully saturated rings.